The van der Waals surface area contributed by atoms with Crippen LogP contribution in [0.15, 0.2) is 18.7 Å². The van der Waals surface area contributed by atoms with Gasteiger partial charge in [0.05, 0.1) is 9.26 Å². The molecule has 0 aliphatic carbocycles. The number of pyridine rings is 1. The number of Topliss-reactive ketones (excluding diaryl/α,β-unsaturated/α-hetero) is 1. The second-order valence-electron chi connectivity index (χ2n) is 4.25. The zero-order valence-corrected chi connectivity index (χ0v) is 14.1. The number of nitrogens with zero attached hydrogens (tertiary/aromatic N) is 1. The number of allylic oxidation sites excluding steroid dienone is 1. The van der Waals surface area contributed by atoms with Crippen molar-refractivity contribution in [1.29, 1.82) is 0 Å². The fourth-order valence-electron chi connectivity index (χ4n) is 1.41. The summed E-state index contributed by atoms with van der Waals surface area (Å²) in [5.74, 6) is -0.196. The van der Waals surface area contributed by atoms with E-state index in [0.717, 1.165) is 6.07 Å². The fraction of sp³-hybridized carbons (Fsp3) is 0.385. The van der Waals surface area contributed by atoms with Crippen LogP contribution in [-0.4, -0.2) is 28.7 Å². The Kier molecular flexibility index (Phi) is 7.07. The Morgan fingerprint density at radius 3 is 2.73 bits per heavy atom. The fourth-order valence-corrected chi connectivity index (χ4v) is 2.56. The second-order valence-corrected chi connectivity index (χ2v) is 5.77. The van der Waals surface area contributed by atoms with E-state index in [1.807, 2.05) is 0 Å². The van der Waals surface area contributed by atoms with E-state index in [2.05, 4.69) is 11.6 Å². The lowest BCUT2D eigenvalue weighted by Crippen LogP contribution is -2.21. The minimum Gasteiger partial charge on any atom is -0.481 e. The third kappa shape index (κ3) is 5.40. The predicted molar refractivity (Wildman–Crippen MR) is 82.9 cm³/mol. The summed E-state index contributed by atoms with van der Waals surface area (Å²) >= 11 is 7.46. The first-order valence-corrected chi connectivity index (χ1v) is 7.48. The molecule has 0 amide bonds. The molecule has 1 unspecified atom stereocenters. The Bertz CT molecular complexity index is 543. The molecule has 0 aromatic carbocycles. The molecule has 4 nitrogen and oxygen atoms in total. The predicted octanol–water partition coefficient (Wildman–Crippen LogP) is 3.85. The molecule has 1 aromatic heterocycles. The number of hydrogen-bond acceptors (Lipinski definition) is 4. The van der Waals surface area contributed by atoms with Gasteiger partial charge >= 0.3 is 6.18 Å². The lowest BCUT2D eigenvalue weighted by atomic mass is 10.2. The summed E-state index contributed by atoms with van der Waals surface area (Å²) in [4.78, 5) is 15.0. The lowest BCUT2D eigenvalue weighted by Gasteiger charge is -2.16. The molecule has 0 aliphatic heterocycles. The van der Waals surface area contributed by atoms with E-state index in [9.17, 15) is 18.0 Å². The molecule has 1 rings (SSSR count). The number of rotatable bonds is 7. The first-order chi connectivity index (χ1) is 10.2. The highest BCUT2D eigenvalue weighted by Gasteiger charge is 2.41. The average molecular weight is 450 g/mol. The summed E-state index contributed by atoms with van der Waals surface area (Å²) in [5, 5.41) is 8.81. The molecule has 22 heavy (non-hydrogen) atoms. The van der Waals surface area contributed by atoms with Gasteiger partial charge in [-0.1, -0.05) is 17.7 Å². The van der Waals surface area contributed by atoms with Gasteiger partial charge in [-0.3, -0.25) is 4.79 Å². The van der Waals surface area contributed by atoms with E-state index in [1.165, 1.54) is 0 Å². The Labute approximate surface area is 143 Å². The minimum atomic E-state index is -4.84. The number of aliphatic hydroxyl groups is 1. The van der Waals surface area contributed by atoms with Gasteiger partial charge in [0.2, 0.25) is 0 Å². The van der Waals surface area contributed by atoms with Crippen molar-refractivity contribution in [1.82, 2.24) is 4.98 Å². The van der Waals surface area contributed by atoms with Crippen molar-refractivity contribution in [2.45, 2.75) is 25.1 Å². The van der Waals surface area contributed by atoms with Gasteiger partial charge in [0.1, 0.15) is 6.61 Å². The van der Waals surface area contributed by atoms with Crippen LogP contribution in [0.2, 0.25) is 5.15 Å². The Hall–Kier alpha value is -0.870. The summed E-state index contributed by atoms with van der Waals surface area (Å²) < 4.78 is 42.8. The maximum absolute atomic E-state index is 12.5. The van der Waals surface area contributed by atoms with E-state index in [0.29, 0.717) is 6.42 Å². The molecule has 1 aromatic rings. The monoisotopic (exact) mass is 449 g/mol. The maximum atomic E-state index is 12.5. The van der Waals surface area contributed by atoms with Crippen LogP contribution in [0.3, 0.4) is 0 Å². The SMILES string of the molecule is C=CCCC(=O)COc1c(I)cc(C(O)C(F)(F)F)nc1Cl. The number of hydrogen-bond donors (Lipinski definition) is 1. The molecule has 9 heteroatoms. The molecule has 122 valence electrons. The molecule has 1 N–H and O–H groups in total. The minimum absolute atomic E-state index is 0.00680. The van der Waals surface area contributed by atoms with Crippen molar-refractivity contribution >= 4 is 40.0 Å². The van der Waals surface area contributed by atoms with Crippen LogP contribution >= 0.6 is 34.2 Å². The van der Waals surface area contributed by atoms with E-state index in [4.69, 9.17) is 21.4 Å². The standard InChI is InChI=1S/C13H12ClF3INO3/c1-2-3-4-7(20)6-22-10-8(18)5-9(19-12(10)14)11(21)13(15,16)17/h2,5,11,21H,1,3-4,6H2. The molecule has 0 bridgehead atoms. The number of aromatic nitrogens is 1. The van der Waals surface area contributed by atoms with E-state index >= 15 is 0 Å². The Balaban J connectivity index is 2.87. The number of ether oxygens (including phenoxy) is 1. The number of ketones is 1. The number of alkyl halides is 3. The number of halogens is 5. The van der Waals surface area contributed by atoms with Crippen LogP contribution in [0.1, 0.15) is 24.6 Å². The quantitative estimate of drug-likeness (QED) is 0.390. The van der Waals surface area contributed by atoms with Crippen LogP contribution in [0.25, 0.3) is 0 Å². The zero-order chi connectivity index (χ0) is 16.9. The summed E-state index contributed by atoms with van der Waals surface area (Å²) in [6, 6.07) is 1.01. The van der Waals surface area contributed by atoms with E-state index in [1.54, 1.807) is 28.7 Å². The lowest BCUT2D eigenvalue weighted by molar-refractivity contribution is -0.208. The topological polar surface area (TPSA) is 59.4 Å². The van der Waals surface area contributed by atoms with Gasteiger partial charge in [0.15, 0.2) is 22.8 Å². The normalized spacial score (nSPS) is 12.8. The van der Waals surface area contributed by atoms with Crippen LogP contribution in [0.5, 0.6) is 5.75 Å². The molecule has 0 saturated carbocycles. The van der Waals surface area contributed by atoms with Crippen LogP contribution < -0.4 is 4.74 Å². The third-order valence-electron chi connectivity index (χ3n) is 2.50. The molecule has 1 atom stereocenters. The average Bonchev–Trinajstić information content (AvgIpc) is 2.42. The van der Waals surface area contributed by atoms with Crippen LogP contribution in [-0.2, 0) is 4.79 Å². The summed E-state index contributed by atoms with van der Waals surface area (Å²) in [6.45, 7) is 3.21. The first-order valence-electron chi connectivity index (χ1n) is 6.03. The summed E-state index contributed by atoms with van der Waals surface area (Å²) in [6.07, 6.45) is -5.24. The Morgan fingerprint density at radius 2 is 2.23 bits per heavy atom. The van der Waals surface area contributed by atoms with Crippen molar-refractivity contribution in [3.8, 4) is 5.75 Å². The van der Waals surface area contributed by atoms with Crippen molar-refractivity contribution in [2.75, 3.05) is 6.61 Å². The van der Waals surface area contributed by atoms with Crippen molar-refractivity contribution in [2.24, 2.45) is 0 Å². The Morgan fingerprint density at radius 1 is 1.59 bits per heavy atom. The van der Waals surface area contributed by atoms with Gasteiger partial charge in [0.25, 0.3) is 0 Å². The number of carbonyl (C=O) groups is 1. The van der Waals surface area contributed by atoms with Gasteiger partial charge in [-0.25, -0.2) is 4.98 Å². The van der Waals surface area contributed by atoms with Gasteiger partial charge in [-0.15, -0.1) is 6.58 Å². The molecule has 1 heterocycles. The van der Waals surface area contributed by atoms with Gasteiger partial charge in [-0.05, 0) is 35.1 Å². The molecule has 0 spiro atoms. The highest BCUT2D eigenvalue weighted by Crippen LogP contribution is 2.36. The number of aliphatic hydroxyl groups excluding tert-OH is 1. The maximum Gasteiger partial charge on any atom is 0.420 e. The summed E-state index contributed by atoms with van der Waals surface area (Å²) in [7, 11) is 0. The van der Waals surface area contributed by atoms with Crippen molar-refractivity contribution in [3.63, 3.8) is 0 Å². The van der Waals surface area contributed by atoms with Gasteiger partial charge < -0.3 is 9.84 Å². The van der Waals surface area contributed by atoms with Gasteiger partial charge in [-0.2, -0.15) is 13.2 Å². The van der Waals surface area contributed by atoms with Crippen molar-refractivity contribution < 1.29 is 27.8 Å². The molecule has 0 aliphatic rings. The highest BCUT2D eigenvalue weighted by atomic mass is 127. The molecular weight excluding hydrogens is 437 g/mol. The van der Waals surface area contributed by atoms with Gasteiger partial charge in [0, 0.05) is 6.42 Å². The molecule has 0 saturated heterocycles. The smallest absolute Gasteiger partial charge is 0.420 e. The molecule has 0 radical (unpaired) electrons. The molecule has 0 fully saturated rings. The molecular formula is C13H12ClF3INO3. The summed E-state index contributed by atoms with van der Waals surface area (Å²) in [5.41, 5.74) is -0.632. The third-order valence-corrected chi connectivity index (χ3v) is 3.56. The van der Waals surface area contributed by atoms with Crippen LogP contribution in [0.4, 0.5) is 13.2 Å². The largest absolute Gasteiger partial charge is 0.481 e. The van der Waals surface area contributed by atoms with E-state index < -0.39 is 18.0 Å². The van der Waals surface area contributed by atoms with E-state index in [-0.39, 0.29) is 33.3 Å². The number of carbonyl (C=O) groups excluding carboxylic acids is 1. The van der Waals surface area contributed by atoms with Crippen molar-refractivity contribution in [3.05, 3.63) is 33.1 Å². The highest BCUT2D eigenvalue weighted by molar-refractivity contribution is 14.1. The van der Waals surface area contributed by atoms with Crippen LogP contribution in [0, 0.1) is 3.57 Å². The zero-order valence-electron chi connectivity index (χ0n) is 11.2. The first kappa shape index (κ1) is 19.2. The second kappa shape index (κ2) is 8.11.